The van der Waals surface area contributed by atoms with Crippen molar-refractivity contribution in [3.63, 3.8) is 0 Å². The Morgan fingerprint density at radius 1 is 0.824 bits per heavy atom. The molecule has 0 radical (unpaired) electrons. The van der Waals surface area contributed by atoms with E-state index in [-0.39, 0.29) is 16.8 Å². The third-order valence-electron chi connectivity index (χ3n) is 2.32. The van der Waals surface area contributed by atoms with Crippen molar-refractivity contribution in [3.8, 4) is 11.1 Å². The van der Waals surface area contributed by atoms with Gasteiger partial charge in [0.25, 0.3) is 0 Å². The van der Waals surface area contributed by atoms with Gasteiger partial charge in [-0.05, 0) is 24.3 Å². The van der Waals surface area contributed by atoms with Crippen LogP contribution in [0.4, 0.5) is 18.9 Å². The molecule has 2 rings (SSSR count). The molecule has 88 valence electrons. The van der Waals surface area contributed by atoms with Crippen LogP contribution in [0.3, 0.4) is 0 Å². The topological polar surface area (TPSA) is 26.0 Å². The zero-order valence-corrected chi connectivity index (χ0v) is 9.23. The summed E-state index contributed by atoms with van der Waals surface area (Å²) >= 11 is 5.74. The molecule has 0 unspecified atom stereocenters. The fraction of sp³-hybridized carbons (Fsp3) is 0. The second kappa shape index (κ2) is 4.30. The lowest BCUT2D eigenvalue weighted by Crippen LogP contribution is -1.95. The Bertz CT molecular complexity index is 584. The first kappa shape index (κ1) is 11.8. The van der Waals surface area contributed by atoms with Gasteiger partial charge in [0.2, 0.25) is 0 Å². The van der Waals surface area contributed by atoms with Crippen molar-refractivity contribution < 1.29 is 13.2 Å². The first-order valence-corrected chi connectivity index (χ1v) is 5.07. The fourth-order valence-corrected chi connectivity index (χ4v) is 1.66. The van der Waals surface area contributed by atoms with Crippen LogP contribution >= 0.6 is 11.6 Å². The quantitative estimate of drug-likeness (QED) is 0.606. The molecule has 2 aromatic rings. The van der Waals surface area contributed by atoms with Gasteiger partial charge in [-0.15, -0.1) is 0 Å². The van der Waals surface area contributed by atoms with Crippen molar-refractivity contribution in [3.05, 3.63) is 52.8 Å². The summed E-state index contributed by atoms with van der Waals surface area (Å²) in [6.45, 7) is 0. The summed E-state index contributed by atoms with van der Waals surface area (Å²) in [5.41, 5.74) is 5.98. The predicted octanol–water partition coefficient (Wildman–Crippen LogP) is 4.01. The number of hydrogen-bond donors (Lipinski definition) is 1. The van der Waals surface area contributed by atoms with Crippen LogP contribution in [-0.2, 0) is 0 Å². The molecular formula is C12H7ClF3N. The summed E-state index contributed by atoms with van der Waals surface area (Å²) < 4.78 is 39.4. The lowest BCUT2D eigenvalue weighted by Gasteiger charge is -2.08. The lowest BCUT2D eigenvalue weighted by atomic mass is 10.0. The van der Waals surface area contributed by atoms with Crippen molar-refractivity contribution in [2.75, 3.05) is 5.73 Å². The van der Waals surface area contributed by atoms with Crippen molar-refractivity contribution in [2.45, 2.75) is 0 Å². The molecule has 0 aromatic heterocycles. The zero-order valence-electron chi connectivity index (χ0n) is 8.48. The van der Waals surface area contributed by atoms with Gasteiger partial charge in [0.1, 0.15) is 5.82 Å². The Morgan fingerprint density at radius 3 is 2.18 bits per heavy atom. The van der Waals surface area contributed by atoms with Gasteiger partial charge in [0.05, 0.1) is 0 Å². The largest absolute Gasteiger partial charge is 0.398 e. The van der Waals surface area contributed by atoms with Crippen molar-refractivity contribution in [2.24, 2.45) is 0 Å². The van der Waals surface area contributed by atoms with Gasteiger partial charge >= 0.3 is 0 Å². The molecule has 0 amide bonds. The van der Waals surface area contributed by atoms with Crippen molar-refractivity contribution in [1.82, 2.24) is 0 Å². The molecule has 0 aliphatic carbocycles. The highest BCUT2D eigenvalue weighted by atomic mass is 35.5. The second-order valence-corrected chi connectivity index (χ2v) is 3.91. The number of anilines is 1. The van der Waals surface area contributed by atoms with E-state index in [1.807, 2.05) is 0 Å². The molecule has 0 atom stereocenters. The van der Waals surface area contributed by atoms with Gasteiger partial charge in [-0.3, -0.25) is 0 Å². The monoisotopic (exact) mass is 257 g/mol. The molecule has 0 saturated heterocycles. The highest BCUT2D eigenvalue weighted by Crippen LogP contribution is 2.31. The maximum absolute atomic E-state index is 13.5. The van der Waals surface area contributed by atoms with E-state index in [4.69, 9.17) is 17.3 Å². The Balaban J connectivity index is 2.68. The Kier molecular flexibility index (Phi) is 2.98. The molecule has 2 aromatic carbocycles. The van der Waals surface area contributed by atoms with Crippen LogP contribution in [0, 0.1) is 17.5 Å². The first-order chi connectivity index (χ1) is 7.99. The third-order valence-corrected chi connectivity index (χ3v) is 2.55. The van der Waals surface area contributed by atoms with E-state index >= 15 is 0 Å². The summed E-state index contributed by atoms with van der Waals surface area (Å²) in [6, 6.07) is 5.63. The van der Waals surface area contributed by atoms with Crippen LogP contribution in [0.1, 0.15) is 0 Å². The SMILES string of the molecule is Nc1ccc(Cl)cc1-c1cc(F)c(F)cc1F. The maximum atomic E-state index is 13.5. The van der Waals surface area contributed by atoms with Gasteiger partial charge in [-0.25, -0.2) is 13.2 Å². The minimum absolute atomic E-state index is 0.121. The van der Waals surface area contributed by atoms with Crippen molar-refractivity contribution >= 4 is 17.3 Å². The molecule has 2 N–H and O–H groups in total. The van der Waals surface area contributed by atoms with Crippen LogP contribution in [-0.4, -0.2) is 0 Å². The van der Waals surface area contributed by atoms with E-state index in [2.05, 4.69) is 0 Å². The average Bonchev–Trinajstić information content (AvgIpc) is 2.27. The first-order valence-electron chi connectivity index (χ1n) is 4.69. The van der Waals surface area contributed by atoms with Crippen LogP contribution in [0.5, 0.6) is 0 Å². The molecule has 0 spiro atoms. The van der Waals surface area contributed by atoms with Crippen molar-refractivity contribution in [1.29, 1.82) is 0 Å². The van der Waals surface area contributed by atoms with Gasteiger partial charge in [-0.2, -0.15) is 0 Å². The van der Waals surface area contributed by atoms with E-state index in [0.717, 1.165) is 6.07 Å². The zero-order chi connectivity index (χ0) is 12.6. The van der Waals surface area contributed by atoms with Crippen LogP contribution in [0.25, 0.3) is 11.1 Å². The number of benzene rings is 2. The maximum Gasteiger partial charge on any atom is 0.161 e. The molecule has 1 nitrogen and oxygen atoms in total. The average molecular weight is 258 g/mol. The van der Waals surface area contributed by atoms with Crippen LogP contribution in [0.15, 0.2) is 30.3 Å². The number of hydrogen-bond acceptors (Lipinski definition) is 1. The number of rotatable bonds is 1. The van der Waals surface area contributed by atoms with E-state index in [1.165, 1.54) is 18.2 Å². The molecule has 0 aliphatic heterocycles. The van der Waals surface area contributed by atoms with Gasteiger partial charge in [-0.1, -0.05) is 11.6 Å². The van der Waals surface area contributed by atoms with Gasteiger partial charge < -0.3 is 5.73 Å². The predicted molar refractivity (Wildman–Crippen MR) is 61.2 cm³/mol. The molecular weight excluding hydrogens is 251 g/mol. The van der Waals surface area contributed by atoms with E-state index in [0.29, 0.717) is 11.1 Å². The Hall–Kier alpha value is -1.68. The van der Waals surface area contributed by atoms with E-state index in [1.54, 1.807) is 0 Å². The van der Waals surface area contributed by atoms with Crippen LogP contribution < -0.4 is 5.73 Å². The molecule has 5 heteroatoms. The lowest BCUT2D eigenvalue weighted by molar-refractivity contribution is 0.496. The van der Waals surface area contributed by atoms with E-state index < -0.39 is 17.5 Å². The summed E-state index contributed by atoms with van der Waals surface area (Å²) in [6.07, 6.45) is 0. The fourth-order valence-electron chi connectivity index (χ4n) is 1.49. The van der Waals surface area contributed by atoms with Crippen LogP contribution in [0.2, 0.25) is 5.02 Å². The molecule has 0 saturated carbocycles. The Morgan fingerprint density at radius 2 is 1.47 bits per heavy atom. The highest BCUT2D eigenvalue weighted by Gasteiger charge is 2.13. The number of nitrogen functional groups attached to an aromatic ring is 1. The summed E-state index contributed by atoms with van der Waals surface area (Å²) in [7, 11) is 0. The molecule has 0 fully saturated rings. The molecule has 17 heavy (non-hydrogen) atoms. The third kappa shape index (κ3) is 2.22. The minimum atomic E-state index is -1.24. The summed E-state index contributed by atoms with van der Waals surface area (Å²) in [4.78, 5) is 0. The number of halogens is 4. The normalized spacial score (nSPS) is 10.6. The molecule has 0 aliphatic rings. The standard InChI is InChI=1S/C12H7ClF3N/c13-6-1-2-12(17)8(3-6)7-4-10(15)11(16)5-9(7)14/h1-5H,17H2. The second-order valence-electron chi connectivity index (χ2n) is 3.48. The molecule has 0 bridgehead atoms. The highest BCUT2D eigenvalue weighted by molar-refractivity contribution is 6.31. The smallest absolute Gasteiger partial charge is 0.161 e. The Labute approximate surface area is 101 Å². The number of nitrogens with two attached hydrogens (primary N) is 1. The summed E-state index contributed by atoms with van der Waals surface area (Å²) in [5, 5.41) is 0.332. The van der Waals surface area contributed by atoms with E-state index in [9.17, 15) is 13.2 Å². The minimum Gasteiger partial charge on any atom is -0.398 e. The summed E-state index contributed by atoms with van der Waals surface area (Å²) in [5.74, 6) is -3.27. The molecule has 0 heterocycles. The van der Waals surface area contributed by atoms with Gasteiger partial charge in [0.15, 0.2) is 11.6 Å². The van der Waals surface area contributed by atoms with Gasteiger partial charge in [0, 0.05) is 27.9 Å².